The van der Waals surface area contributed by atoms with Crippen LogP contribution in [0.2, 0.25) is 0 Å². The van der Waals surface area contributed by atoms with Gasteiger partial charge < -0.3 is 19.3 Å². The molecule has 386 valence electrons. The second kappa shape index (κ2) is 22.2. The predicted molar refractivity (Wildman–Crippen MR) is 322 cm³/mol. The third kappa shape index (κ3) is 10.7. The van der Waals surface area contributed by atoms with E-state index in [1.165, 1.54) is 135 Å². The molecule has 2 saturated heterocycles. The summed E-state index contributed by atoms with van der Waals surface area (Å²) in [5, 5.41) is 0. The maximum Gasteiger partial charge on any atom is 0.0810 e. The molecule has 4 heteroatoms. The van der Waals surface area contributed by atoms with Gasteiger partial charge in [0.15, 0.2) is 0 Å². The van der Waals surface area contributed by atoms with Crippen molar-refractivity contribution in [3.05, 3.63) is 258 Å². The first-order valence-electron chi connectivity index (χ1n) is 28.4. The average Bonchev–Trinajstić information content (AvgIpc) is 4.55. The molecule has 9 aromatic rings. The number of epoxide rings is 2. The van der Waals surface area contributed by atoms with Crippen molar-refractivity contribution in [2.75, 3.05) is 30.1 Å². The van der Waals surface area contributed by atoms with E-state index in [2.05, 4.69) is 255 Å². The van der Waals surface area contributed by atoms with Crippen LogP contribution >= 0.6 is 0 Å². The van der Waals surface area contributed by atoms with E-state index in [0.717, 1.165) is 37.4 Å². The molecular formula is C73H72N2O2. The van der Waals surface area contributed by atoms with Crippen LogP contribution in [0.1, 0.15) is 105 Å². The highest BCUT2D eigenvalue weighted by Crippen LogP contribution is 2.57. The SMILES string of the molecule is Cc1ccc(-c2ccc(C(C)(c3ccccc3)c3ccc(-c4ccc(N(c5ccccc5)c5ccc6c(c5)C(CCCCCC5CO5)(CCCCCC5CO5)c5cc(N(C)c7ccccc7)ccc5-6)cc4)cc3)cc2)cc1. The van der Waals surface area contributed by atoms with Crippen molar-refractivity contribution in [1.29, 1.82) is 0 Å². The molecule has 2 aliphatic heterocycles. The number of anilines is 5. The van der Waals surface area contributed by atoms with Crippen LogP contribution < -0.4 is 9.80 Å². The van der Waals surface area contributed by atoms with E-state index in [0.29, 0.717) is 12.2 Å². The van der Waals surface area contributed by atoms with E-state index >= 15 is 0 Å². The molecule has 77 heavy (non-hydrogen) atoms. The summed E-state index contributed by atoms with van der Waals surface area (Å²) in [5.41, 5.74) is 21.1. The Balaban J connectivity index is 0.879. The van der Waals surface area contributed by atoms with Gasteiger partial charge >= 0.3 is 0 Å². The number of ether oxygens (including phenoxy) is 2. The normalized spacial score (nSPS) is 17.8. The zero-order chi connectivity index (χ0) is 52.2. The highest BCUT2D eigenvalue weighted by molar-refractivity contribution is 5.88. The number of fused-ring (bicyclic) bond motifs is 3. The second-order valence-electron chi connectivity index (χ2n) is 22.3. The highest BCUT2D eigenvalue weighted by Gasteiger charge is 2.43. The molecule has 0 amide bonds. The molecule has 3 unspecified atom stereocenters. The van der Waals surface area contributed by atoms with Crippen LogP contribution in [0, 0.1) is 6.92 Å². The Bertz CT molecular complexity index is 3360. The topological polar surface area (TPSA) is 31.5 Å². The molecule has 2 fully saturated rings. The Labute approximate surface area is 458 Å². The monoisotopic (exact) mass is 1010 g/mol. The van der Waals surface area contributed by atoms with Crippen molar-refractivity contribution in [1.82, 2.24) is 0 Å². The van der Waals surface area contributed by atoms with Crippen molar-refractivity contribution in [3.63, 3.8) is 0 Å². The quantitative estimate of drug-likeness (QED) is 0.0385. The molecule has 0 saturated carbocycles. The number of hydrogen-bond donors (Lipinski definition) is 0. The van der Waals surface area contributed by atoms with Crippen molar-refractivity contribution in [2.45, 2.75) is 101 Å². The summed E-state index contributed by atoms with van der Waals surface area (Å²) in [7, 11) is 2.21. The Morgan fingerprint density at radius 2 is 0.805 bits per heavy atom. The van der Waals surface area contributed by atoms with E-state index in [9.17, 15) is 0 Å². The molecular weight excluding hydrogens is 937 g/mol. The minimum Gasteiger partial charge on any atom is -0.373 e. The second-order valence-corrected chi connectivity index (χ2v) is 22.3. The molecule has 2 heterocycles. The molecule has 0 N–H and O–H groups in total. The maximum absolute atomic E-state index is 5.65. The zero-order valence-electron chi connectivity index (χ0n) is 45.2. The summed E-state index contributed by atoms with van der Waals surface area (Å²) in [4.78, 5) is 4.82. The van der Waals surface area contributed by atoms with E-state index in [-0.39, 0.29) is 10.8 Å². The van der Waals surface area contributed by atoms with E-state index in [1.54, 1.807) is 0 Å². The summed E-state index contributed by atoms with van der Waals surface area (Å²) in [6.07, 6.45) is 12.8. The molecule has 0 radical (unpaired) electrons. The number of nitrogens with zero attached hydrogens (tertiary/aromatic N) is 2. The van der Waals surface area contributed by atoms with Gasteiger partial charge in [-0.1, -0.05) is 208 Å². The Hall–Kier alpha value is -7.50. The van der Waals surface area contributed by atoms with Gasteiger partial charge in [0.2, 0.25) is 0 Å². The molecule has 0 spiro atoms. The molecule has 0 bridgehead atoms. The van der Waals surface area contributed by atoms with Crippen LogP contribution in [0.15, 0.2) is 224 Å². The summed E-state index contributed by atoms with van der Waals surface area (Å²) < 4.78 is 11.3. The Kier molecular flexibility index (Phi) is 14.5. The smallest absolute Gasteiger partial charge is 0.0810 e. The third-order valence-electron chi connectivity index (χ3n) is 17.3. The van der Waals surface area contributed by atoms with Gasteiger partial charge in [-0.05, 0) is 161 Å². The number of aryl methyl sites for hydroxylation is 1. The van der Waals surface area contributed by atoms with Gasteiger partial charge in [-0.3, -0.25) is 0 Å². The van der Waals surface area contributed by atoms with Gasteiger partial charge in [-0.2, -0.15) is 0 Å². The Morgan fingerprint density at radius 3 is 1.30 bits per heavy atom. The summed E-state index contributed by atoms with van der Waals surface area (Å²) in [6, 6.07) is 83.9. The summed E-state index contributed by atoms with van der Waals surface area (Å²) in [5.74, 6) is 0. The molecule has 4 nitrogen and oxygen atoms in total. The fraction of sp³-hybridized carbons (Fsp3) is 0.260. The first kappa shape index (κ1) is 50.3. The number of para-hydroxylation sites is 2. The summed E-state index contributed by atoms with van der Waals surface area (Å²) in [6.45, 7) is 6.38. The molecule has 1 aliphatic carbocycles. The van der Waals surface area contributed by atoms with Crippen molar-refractivity contribution < 1.29 is 9.47 Å². The van der Waals surface area contributed by atoms with Gasteiger partial charge in [0.05, 0.1) is 25.4 Å². The van der Waals surface area contributed by atoms with Crippen LogP contribution in [0.25, 0.3) is 33.4 Å². The van der Waals surface area contributed by atoms with Crippen LogP contribution in [0.5, 0.6) is 0 Å². The first-order chi connectivity index (χ1) is 37.8. The lowest BCUT2D eigenvalue weighted by Gasteiger charge is -2.35. The lowest BCUT2D eigenvalue weighted by Crippen LogP contribution is -2.26. The van der Waals surface area contributed by atoms with Crippen molar-refractivity contribution >= 4 is 28.4 Å². The highest BCUT2D eigenvalue weighted by atomic mass is 16.6. The van der Waals surface area contributed by atoms with Crippen molar-refractivity contribution in [2.24, 2.45) is 0 Å². The number of hydrogen-bond acceptors (Lipinski definition) is 4. The van der Waals surface area contributed by atoms with Crippen LogP contribution in [0.4, 0.5) is 28.4 Å². The third-order valence-corrected chi connectivity index (χ3v) is 17.3. The van der Waals surface area contributed by atoms with Gasteiger partial charge in [0.1, 0.15) is 0 Å². The van der Waals surface area contributed by atoms with E-state index < -0.39 is 0 Å². The van der Waals surface area contributed by atoms with Gasteiger partial charge in [0, 0.05) is 46.3 Å². The Morgan fingerprint density at radius 1 is 0.416 bits per heavy atom. The standard InChI is InChI=1S/C73H72N2O2/c1-53-27-29-54(30-28-53)55-31-37-59(38-32-55)72(2,58-19-9-4-10-20-58)60-39-33-56(34-40-60)57-35-41-63(42-36-57)75(62-23-13-6-14-24-62)65-44-46-69-68-45-43-64(74(3)61-21-11-5-12-22-61)49-70(68)73(71(69)50-65,47-17-7-15-25-66-51-76-66)48-18-8-16-26-67-52-77-67/h4-6,9-14,19-24,27-46,49-50,66-67H,7-8,15-18,25-26,47-48,51-52H2,1-3H3. The molecule has 3 atom stereocenters. The van der Waals surface area contributed by atoms with Gasteiger partial charge in [0.25, 0.3) is 0 Å². The van der Waals surface area contributed by atoms with Crippen LogP contribution in [-0.4, -0.2) is 32.5 Å². The first-order valence-corrected chi connectivity index (χ1v) is 28.4. The van der Waals surface area contributed by atoms with Crippen LogP contribution in [-0.2, 0) is 20.3 Å². The fourth-order valence-electron chi connectivity index (χ4n) is 12.5. The number of rotatable bonds is 22. The largest absolute Gasteiger partial charge is 0.373 e. The fourth-order valence-corrected chi connectivity index (χ4v) is 12.5. The van der Waals surface area contributed by atoms with E-state index in [4.69, 9.17) is 9.47 Å². The zero-order valence-corrected chi connectivity index (χ0v) is 45.2. The molecule has 12 rings (SSSR count). The molecule has 3 aliphatic rings. The minimum absolute atomic E-state index is 0.125. The predicted octanol–water partition coefficient (Wildman–Crippen LogP) is 18.9. The summed E-state index contributed by atoms with van der Waals surface area (Å²) >= 11 is 0. The maximum atomic E-state index is 5.65. The van der Waals surface area contributed by atoms with Crippen molar-refractivity contribution in [3.8, 4) is 33.4 Å². The number of benzene rings is 9. The lowest BCUT2D eigenvalue weighted by atomic mass is 9.70. The van der Waals surface area contributed by atoms with E-state index in [1.807, 2.05) is 0 Å². The van der Waals surface area contributed by atoms with Gasteiger partial charge in [-0.25, -0.2) is 0 Å². The molecule has 0 aromatic heterocycles. The van der Waals surface area contributed by atoms with Crippen LogP contribution in [0.3, 0.4) is 0 Å². The lowest BCUT2D eigenvalue weighted by molar-refractivity contribution is 0.369. The minimum atomic E-state index is -0.349. The number of unbranched alkanes of at least 4 members (excludes halogenated alkanes) is 4. The molecule has 9 aromatic carbocycles. The average molecular weight is 1010 g/mol. The van der Waals surface area contributed by atoms with Gasteiger partial charge in [-0.15, -0.1) is 0 Å².